The van der Waals surface area contributed by atoms with Crippen LogP contribution in [0.2, 0.25) is 0 Å². The molecule has 1 saturated heterocycles. The lowest BCUT2D eigenvalue weighted by Crippen LogP contribution is -2.32. The molecule has 0 bridgehead atoms. The molecule has 0 N–H and O–H groups in total. The number of rotatable bonds is 6. The average Bonchev–Trinajstić information content (AvgIpc) is 3.33. The Morgan fingerprint density at radius 2 is 1.72 bits per heavy atom. The van der Waals surface area contributed by atoms with E-state index in [4.69, 9.17) is 4.74 Å². The molecule has 0 saturated carbocycles. The molecule has 1 fully saturated rings. The quantitative estimate of drug-likeness (QED) is 0.559. The number of hydrogen-bond acceptors (Lipinski definition) is 4. The lowest BCUT2D eigenvalue weighted by Gasteiger charge is -2.14. The minimum absolute atomic E-state index is 0.0532. The van der Waals surface area contributed by atoms with Crippen molar-refractivity contribution in [2.45, 2.75) is 0 Å². The maximum atomic E-state index is 13.1. The number of amidine groups is 1. The predicted octanol–water partition coefficient (Wildman–Crippen LogP) is 4.73. The molecule has 1 aliphatic rings. The van der Waals surface area contributed by atoms with Crippen molar-refractivity contribution in [3.8, 4) is 5.69 Å². The third-order valence-corrected chi connectivity index (χ3v) is 5.49. The summed E-state index contributed by atoms with van der Waals surface area (Å²) in [5, 5.41) is 0.669. The number of aliphatic imine (C=N–C) groups is 1. The SMILES string of the molecule is COCCN1C(=O)C(=Cc2cccn2-c2ccccc2)SC1=Nc1ccccc1. The summed E-state index contributed by atoms with van der Waals surface area (Å²) in [7, 11) is 1.63. The van der Waals surface area contributed by atoms with E-state index in [9.17, 15) is 4.79 Å². The van der Waals surface area contributed by atoms with Crippen LogP contribution in [0.5, 0.6) is 0 Å². The second kappa shape index (κ2) is 8.94. The first kappa shape index (κ1) is 19.2. The van der Waals surface area contributed by atoms with E-state index in [2.05, 4.69) is 9.56 Å². The number of carbonyl (C=O) groups is 1. The molecule has 0 spiro atoms. The Bertz CT molecular complexity index is 1040. The molecule has 3 aromatic rings. The molecule has 0 unspecified atom stereocenters. The summed E-state index contributed by atoms with van der Waals surface area (Å²) in [4.78, 5) is 20.1. The van der Waals surface area contributed by atoms with Gasteiger partial charge in [0.15, 0.2) is 5.17 Å². The van der Waals surface area contributed by atoms with Crippen LogP contribution >= 0.6 is 11.8 Å². The van der Waals surface area contributed by atoms with E-state index in [-0.39, 0.29) is 5.91 Å². The van der Waals surface area contributed by atoms with E-state index in [0.29, 0.717) is 23.2 Å². The zero-order chi connectivity index (χ0) is 20.1. The van der Waals surface area contributed by atoms with Gasteiger partial charge in [-0.1, -0.05) is 36.4 Å². The second-order valence-corrected chi connectivity index (χ2v) is 7.44. The molecule has 0 aliphatic carbocycles. The fraction of sp³-hybridized carbons (Fsp3) is 0.130. The Hall–Kier alpha value is -3.09. The fourth-order valence-electron chi connectivity index (χ4n) is 3.05. The third-order valence-electron chi connectivity index (χ3n) is 4.48. The van der Waals surface area contributed by atoms with Crippen molar-refractivity contribution in [3.05, 3.63) is 89.6 Å². The Labute approximate surface area is 174 Å². The van der Waals surface area contributed by atoms with E-state index < -0.39 is 0 Å². The molecule has 1 aliphatic heterocycles. The van der Waals surface area contributed by atoms with Crippen molar-refractivity contribution in [1.82, 2.24) is 9.47 Å². The number of para-hydroxylation sites is 2. The van der Waals surface area contributed by atoms with Gasteiger partial charge in [0.2, 0.25) is 0 Å². The molecule has 29 heavy (non-hydrogen) atoms. The first-order chi connectivity index (χ1) is 14.3. The zero-order valence-electron chi connectivity index (χ0n) is 16.1. The molecule has 146 valence electrons. The minimum atomic E-state index is -0.0532. The Morgan fingerprint density at radius 3 is 2.45 bits per heavy atom. The van der Waals surface area contributed by atoms with E-state index in [0.717, 1.165) is 17.1 Å². The highest BCUT2D eigenvalue weighted by Crippen LogP contribution is 2.34. The monoisotopic (exact) mass is 403 g/mol. The van der Waals surface area contributed by atoms with Crippen molar-refractivity contribution in [2.24, 2.45) is 4.99 Å². The van der Waals surface area contributed by atoms with Crippen LogP contribution in [0.1, 0.15) is 5.69 Å². The normalized spacial score (nSPS) is 16.9. The van der Waals surface area contributed by atoms with Crippen LogP contribution in [0.3, 0.4) is 0 Å². The summed E-state index contributed by atoms with van der Waals surface area (Å²) < 4.78 is 7.25. The van der Waals surface area contributed by atoms with Gasteiger partial charge in [-0.2, -0.15) is 0 Å². The number of thioether (sulfide) groups is 1. The molecule has 1 aromatic heterocycles. The Balaban J connectivity index is 1.68. The first-order valence-electron chi connectivity index (χ1n) is 9.33. The van der Waals surface area contributed by atoms with Gasteiger partial charge < -0.3 is 9.30 Å². The van der Waals surface area contributed by atoms with Gasteiger partial charge in [0.05, 0.1) is 23.7 Å². The Morgan fingerprint density at radius 1 is 1.00 bits per heavy atom. The third kappa shape index (κ3) is 4.34. The summed E-state index contributed by atoms with van der Waals surface area (Å²) in [6, 6.07) is 23.7. The molecule has 2 heterocycles. The predicted molar refractivity (Wildman–Crippen MR) is 118 cm³/mol. The lowest BCUT2D eigenvalue weighted by molar-refractivity contribution is -0.122. The number of methoxy groups -OCH3 is 1. The van der Waals surface area contributed by atoms with Gasteiger partial charge in [-0.25, -0.2) is 4.99 Å². The summed E-state index contributed by atoms with van der Waals surface area (Å²) >= 11 is 1.39. The summed E-state index contributed by atoms with van der Waals surface area (Å²) in [5.74, 6) is -0.0532. The van der Waals surface area contributed by atoms with Gasteiger partial charge in [-0.3, -0.25) is 9.69 Å². The van der Waals surface area contributed by atoms with Crippen LogP contribution in [-0.2, 0) is 9.53 Å². The summed E-state index contributed by atoms with van der Waals surface area (Å²) in [6.07, 6.45) is 3.92. The van der Waals surface area contributed by atoms with Gasteiger partial charge in [0, 0.05) is 24.7 Å². The summed E-state index contributed by atoms with van der Waals surface area (Å²) in [5.41, 5.74) is 2.81. The van der Waals surface area contributed by atoms with Crippen molar-refractivity contribution in [1.29, 1.82) is 0 Å². The van der Waals surface area contributed by atoms with Gasteiger partial charge in [0.25, 0.3) is 5.91 Å². The molecule has 0 radical (unpaired) electrons. The smallest absolute Gasteiger partial charge is 0.266 e. The van der Waals surface area contributed by atoms with Crippen LogP contribution in [0.25, 0.3) is 11.8 Å². The first-order valence-corrected chi connectivity index (χ1v) is 10.1. The van der Waals surface area contributed by atoms with E-state index in [1.807, 2.05) is 85.1 Å². The molecular weight excluding hydrogens is 382 g/mol. The van der Waals surface area contributed by atoms with Crippen LogP contribution in [-0.4, -0.2) is 40.8 Å². The molecule has 5 nitrogen and oxygen atoms in total. The van der Waals surface area contributed by atoms with E-state index in [1.54, 1.807) is 12.0 Å². The number of hydrogen-bond donors (Lipinski definition) is 0. The fourth-order valence-corrected chi connectivity index (χ4v) is 4.06. The molecule has 4 rings (SSSR count). The highest BCUT2D eigenvalue weighted by atomic mass is 32.2. The van der Waals surface area contributed by atoms with E-state index in [1.165, 1.54) is 11.8 Å². The van der Waals surface area contributed by atoms with Crippen molar-refractivity contribution >= 4 is 34.6 Å². The topological polar surface area (TPSA) is 46.8 Å². The number of ether oxygens (including phenoxy) is 1. The number of nitrogens with zero attached hydrogens (tertiary/aromatic N) is 3. The Kier molecular flexibility index (Phi) is 5.93. The van der Waals surface area contributed by atoms with Crippen LogP contribution in [0.15, 0.2) is 88.9 Å². The molecular formula is C23H21N3O2S. The van der Waals surface area contributed by atoms with Crippen LogP contribution < -0.4 is 0 Å². The standard InChI is InChI=1S/C23H21N3O2S/c1-28-16-15-26-22(27)21(29-23(26)24-18-9-4-2-5-10-18)17-20-13-8-14-25(20)19-11-6-3-7-12-19/h2-14,17H,15-16H2,1H3. The molecule has 2 aromatic carbocycles. The zero-order valence-corrected chi connectivity index (χ0v) is 16.9. The average molecular weight is 404 g/mol. The number of benzene rings is 2. The maximum Gasteiger partial charge on any atom is 0.266 e. The van der Waals surface area contributed by atoms with Gasteiger partial charge >= 0.3 is 0 Å². The van der Waals surface area contributed by atoms with E-state index >= 15 is 0 Å². The molecule has 1 amide bonds. The summed E-state index contributed by atoms with van der Waals surface area (Å²) in [6.45, 7) is 0.915. The number of aromatic nitrogens is 1. The van der Waals surface area contributed by atoms with Crippen LogP contribution in [0, 0.1) is 0 Å². The van der Waals surface area contributed by atoms with Crippen molar-refractivity contribution < 1.29 is 9.53 Å². The number of amides is 1. The van der Waals surface area contributed by atoms with Crippen molar-refractivity contribution in [2.75, 3.05) is 20.3 Å². The van der Waals surface area contributed by atoms with Gasteiger partial charge in [0.1, 0.15) is 0 Å². The largest absolute Gasteiger partial charge is 0.383 e. The highest BCUT2D eigenvalue weighted by molar-refractivity contribution is 8.18. The van der Waals surface area contributed by atoms with Crippen molar-refractivity contribution in [3.63, 3.8) is 0 Å². The maximum absolute atomic E-state index is 13.1. The van der Waals surface area contributed by atoms with Gasteiger partial charge in [-0.15, -0.1) is 0 Å². The lowest BCUT2D eigenvalue weighted by atomic mass is 10.3. The second-order valence-electron chi connectivity index (χ2n) is 6.43. The number of carbonyl (C=O) groups excluding carboxylic acids is 1. The minimum Gasteiger partial charge on any atom is -0.383 e. The van der Waals surface area contributed by atoms with Crippen LogP contribution in [0.4, 0.5) is 5.69 Å². The molecule has 0 atom stereocenters. The van der Waals surface area contributed by atoms with Gasteiger partial charge in [-0.05, 0) is 54.2 Å². The highest BCUT2D eigenvalue weighted by Gasteiger charge is 2.33. The molecule has 6 heteroatoms.